The van der Waals surface area contributed by atoms with Crippen molar-refractivity contribution in [1.29, 1.82) is 0 Å². The Balaban J connectivity index is 0.00000200. The summed E-state index contributed by atoms with van der Waals surface area (Å²) < 4.78 is 3.82. The molecule has 0 radical (unpaired) electrons. The third-order valence-corrected chi connectivity index (χ3v) is 15.3. The molecule has 21 heavy (non-hydrogen) atoms. The molecule has 0 amide bonds. The molecule has 0 atom stereocenters. The first-order valence-corrected chi connectivity index (χ1v) is 17.9. The maximum atomic E-state index is 2.50. The van der Waals surface area contributed by atoms with Gasteiger partial charge in [0, 0.05) is 0 Å². The summed E-state index contributed by atoms with van der Waals surface area (Å²) in [5, 5.41) is 3.59. The van der Waals surface area contributed by atoms with Crippen LogP contribution < -0.4 is 0 Å². The van der Waals surface area contributed by atoms with Crippen molar-refractivity contribution >= 4 is 41.0 Å². The van der Waals surface area contributed by atoms with Crippen LogP contribution in [0.15, 0.2) is 41.4 Å². The fourth-order valence-corrected chi connectivity index (χ4v) is 19.6. The van der Waals surface area contributed by atoms with Gasteiger partial charge in [0.2, 0.25) is 0 Å². The Morgan fingerprint density at radius 1 is 0.714 bits per heavy atom. The zero-order valence-electron chi connectivity index (χ0n) is 14.0. The second-order valence-electron chi connectivity index (χ2n) is 7.62. The summed E-state index contributed by atoms with van der Waals surface area (Å²) in [7, 11) is -2.23. The van der Waals surface area contributed by atoms with Gasteiger partial charge in [-0.2, -0.15) is 0 Å². The van der Waals surface area contributed by atoms with Crippen LogP contribution in [0.4, 0.5) is 0 Å². The van der Waals surface area contributed by atoms with Gasteiger partial charge in [0.1, 0.15) is 0 Å². The number of halogens is 2. The maximum Gasteiger partial charge on any atom is -0.147 e. The molecule has 2 aliphatic rings. The molecule has 5 heteroatoms. The Labute approximate surface area is 156 Å². The summed E-state index contributed by atoms with van der Waals surface area (Å²) in [4.78, 5) is 0. The quantitative estimate of drug-likeness (QED) is 0.389. The average Bonchev–Trinajstić information content (AvgIpc) is 2.83. The molecule has 0 spiro atoms. The van der Waals surface area contributed by atoms with E-state index in [0.717, 1.165) is 0 Å². The van der Waals surface area contributed by atoms with Gasteiger partial charge in [-0.05, 0) is 0 Å². The Kier molecular flexibility index (Phi) is 8.42. The molecule has 0 heterocycles. The molecular formula is C16H28Cl2HfSi2. The van der Waals surface area contributed by atoms with Crippen LogP contribution in [-0.4, -0.2) is 16.1 Å². The number of hydrogen-bond donors (Lipinski definition) is 0. The van der Waals surface area contributed by atoms with Gasteiger partial charge in [0.05, 0.1) is 0 Å². The summed E-state index contributed by atoms with van der Waals surface area (Å²) in [5.74, 6) is 0. The van der Waals surface area contributed by atoms with Gasteiger partial charge in [0.25, 0.3) is 0 Å². The van der Waals surface area contributed by atoms with Gasteiger partial charge in [-0.1, -0.05) is 0 Å². The molecule has 2 aliphatic carbocycles. The second kappa shape index (κ2) is 8.09. The largest absolute Gasteiger partial charge is 0.147 e. The Morgan fingerprint density at radius 3 is 1.33 bits per heavy atom. The molecule has 0 unspecified atom stereocenters. The molecule has 0 aromatic heterocycles. The summed E-state index contributed by atoms with van der Waals surface area (Å²) in [6, 6.07) is 0. The molecule has 0 fully saturated rings. The number of allylic oxidation sites excluding steroid dienone is 8. The zero-order chi connectivity index (χ0) is 14.3. The van der Waals surface area contributed by atoms with E-state index in [1.54, 1.807) is 10.4 Å². The maximum absolute atomic E-state index is 2.50. The summed E-state index contributed by atoms with van der Waals surface area (Å²) in [5.41, 5.74) is 0. The Hall–Kier alpha value is 0.844. The predicted octanol–water partition coefficient (Wildman–Crippen LogP) is 6.10. The first-order chi connectivity index (χ1) is 8.69. The van der Waals surface area contributed by atoms with E-state index in [9.17, 15) is 0 Å². The van der Waals surface area contributed by atoms with E-state index < -0.39 is 39.1 Å². The van der Waals surface area contributed by atoms with Gasteiger partial charge in [-0.25, -0.2) is 0 Å². The first-order valence-electron chi connectivity index (χ1n) is 7.27. The Bertz CT molecular complexity index is 457. The third kappa shape index (κ3) is 5.45. The molecule has 0 aliphatic heterocycles. The van der Waals surface area contributed by atoms with Crippen molar-refractivity contribution in [3.8, 4) is 0 Å². The molecule has 0 aromatic rings. The molecule has 0 N–H and O–H groups in total. The van der Waals surface area contributed by atoms with Crippen LogP contribution in [0, 0.1) is 0 Å². The summed E-state index contributed by atoms with van der Waals surface area (Å²) in [6.07, 6.45) is 12.3. The summed E-state index contributed by atoms with van der Waals surface area (Å²) in [6.45, 7) is 15.0. The van der Waals surface area contributed by atoms with Gasteiger partial charge in [0.15, 0.2) is 0 Å². The molecule has 0 saturated carbocycles. The predicted molar refractivity (Wildman–Crippen MR) is 103 cm³/mol. The molecule has 118 valence electrons. The van der Waals surface area contributed by atoms with Crippen LogP contribution in [-0.2, 0) is 22.9 Å². The molecule has 2 rings (SSSR count). The topological polar surface area (TPSA) is 0 Å². The smallest absolute Gasteiger partial charge is 0.147 e. The van der Waals surface area contributed by atoms with Gasteiger partial charge >= 0.3 is 133 Å². The molecule has 0 aromatic carbocycles. The van der Waals surface area contributed by atoms with Crippen LogP contribution in [0.1, 0.15) is 12.8 Å². The standard InChI is InChI=1S/2C8H13Si.2ClH.Hf/c2*1-9(2,3)8-6-4-5-7-8;;;/h2*4,6H,5H2,1-3H3;2*1H;. The summed E-state index contributed by atoms with van der Waals surface area (Å²) >= 11 is -0.755. The minimum absolute atomic E-state index is 0. The van der Waals surface area contributed by atoms with Crippen molar-refractivity contribution in [2.45, 2.75) is 52.1 Å². The van der Waals surface area contributed by atoms with E-state index in [-0.39, 0.29) is 24.8 Å². The van der Waals surface area contributed by atoms with E-state index in [1.807, 2.05) is 6.66 Å². The van der Waals surface area contributed by atoms with Crippen molar-refractivity contribution in [3.05, 3.63) is 41.4 Å². The van der Waals surface area contributed by atoms with E-state index in [4.69, 9.17) is 0 Å². The number of hydrogen-bond acceptors (Lipinski definition) is 0. The fourth-order valence-electron chi connectivity index (χ4n) is 2.83. The minimum Gasteiger partial charge on any atom is -0.147 e. The Morgan fingerprint density at radius 2 is 1.05 bits per heavy atom. The fraction of sp³-hybridized carbons (Fsp3) is 0.500. The van der Waals surface area contributed by atoms with Gasteiger partial charge < -0.3 is 0 Å². The van der Waals surface area contributed by atoms with E-state index in [1.165, 1.54) is 12.8 Å². The van der Waals surface area contributed by atoms with Gasteiger partial charge in [-0.15, -0.1) is 24.8 Å². The van der Waals surface area contributed by atoms with Crippen LogP contribution >= 0.6 is 24.8 Å². The van der Waals surface area contributed by atoms with Crippen LogP contribution in [0.5, 0.6) is 0 Å². The normalized spacial score (nSPS) is 18.0. The zero-order valence-corrected chi connectivity index (χ0v) is 21.3. The molecule has 0 saturated heterocycles. The minimum atomic E-state index is -1.12. The molecule has 0 bridgehead atoms. The second-order valence-corrected chi connectivity index (χ2v) is 22.9. The van der Waals surface area contributed by atoms with Crippen molar-refractivity contribution in [2.24, 2.45) is 0 Å². The van der Waals surface area contributed by atoms with E-state index >= 15 is 0 Å². The van der Waals surface area contributed by atoms with Crippen LogP contribution in [0.3, 0.4) is 0 Å². The van der Waals surface area contributed by atoms with Crippen molar-refractivity contribution in [2.75, 3.05) is 0 Å². The first kappa shape index (κ1) is 21.8. The number of rotatable bonds is 4. The van der Waals surface area contributed by atoms with Gasteiger partial charge in [-0.3, -0.25) is 0 Å². The van der Waals surface area contributed by atoms with Crippen molar-refractivity contribution in [3.63, 3.8) is 0 Å². The van der Waals surface area contributed by atoms with E-state index in [2.05, 4.69) is 63.6 Å². The molecule has 0 nitrogen and oxygen atoms in total. The van der Waals surface area contributed by atoms with E-state index in [0.29, 0.717) is 0 Å². The SMILES string of the molecule is C[Si](C)(C)C1=[C]([Hf][C]2=C([Si](C)(C)C)C=CC2)CC=C1.Cl.Cl. The van der Waals surface area contributed by atoms with Crippen molar-refractivity contribution < 1.29 is 22.9 Å². The monoisotopic (exact) mass is 526 g/mol. The average molecular weight is 526 g/mol. The molecular weight excluding hydrogens is 498 g/mol. The van der Waals surface area contributed by atoms with Crippen LogP contribution in [0.2, 0.25) is 39.3 Å². The van der Waals surface area contributed by atoms with Crippen molar-refractivity contribution in [1.82, 2.24) is 0 Å². The van der Waals surface area contributed by atoms with Crippen LogP contribution in [0.25, 0.3) is 0 Å². The third-order valence-electron chi connectivity index (χ3n) is 3.78.